The summed E-state index contributed by atoms with van der Waals surface area (Å²) in [5, 5.41) is 9.09. The fourth-order valence-corrected chi connectivity index (χ4v) is 1.23. The van der Waals surface area contributed by atoms with Gasteiger partial charge in [0.1, 0.15) is 0 Å². The standard InChI is InChI=1S/C14H30O4/c1-11(15)7-17-13(3)9-18-12(2)8-16-10-14(4,5)6/h11-13,15H,7-10H2,1-6H3. The molecular formula is C14H30O4. The highest BCUT2D eigenvalue weighted by molar-refractivity contribution is 4.60. The molecule has 0 aliphatic heterocycles. The van der Waals surface area contributed by atoms with E-state index in [0.717, 1.165) is 6.61 Å². The Morgan fingerprint density at radius 1 is 0.889 bits per heavy atom. The third-order valence-electron chi connectivity index (χ3n) is 2.13. The van der Waals surface area contributed by atoms with Crippen molar-refractivity contribution in [3.8, 4) is 0 Å². The summed E-state index contributed by atoms with van der Waals surface area (Å²) in [6, 6.07) is 0. The van der Waals surface area contributed by atoms with Crippen molar-refractivity contribution in [1.82, 2.24) is 0 Å². The molecule has 0 radical (unpaired) electrons. The maximum absolute atomic E-state index is 9.09. The van der Waals surface area contributed by atoms with Crippen molar-refractivity contribution >= 4 is 0 Å². The van der Waals surface area contributed by atoms with Crippen LogP contribution in [0, 0.1) is 5.41 Å². The molecule has 0 rings (SSSR count). The molecule has 0 amide bonds. The molecule has 1 N–H and O–H groups in total. The summed E-state index contributed by atoms with van der Waals surface area (Å²) in [5.41, 5.74) is 0.188. The molecule has 0 saturated carbocycles. The largest absolute Gasteiger partial charge is 0.391 e. The van der Waals surface area contributed by atoms with E-state index >= 15 is 0 Å². The molecule has 18 heavy (non-hydrogen) atoms. The van der Waals surface area contributed by atoms with Crippen molar-refractivity contribution < 1.29 is 19.3 Å². The lowest BCUT2D eigenvalue weighted by Crippen LogP contribution is -2.26. The SMILES string of the molecule is CC(O)COC(C)COC(C)COCC(C)(C)C. The van der Waals surface area contributed by atoms with Gasteiger partial charge in [0, 0.05) is 0 Å². The van der Waals surface area contributed by atoms with Crippen molar-refractivity contribution in [2.24, 2.45) is 5.41 Å². The first-order chi connectivity index (χ1) is 8.20. The Morgan fingerprint density at radius 2 is 1.39 bits per heavy atom. The normalized spacial score (nSPS) is 17.5. The zero-order chi connectivity index (χ0) is 14.2. The van der Waals surface area contributed by atoms with Gasteiger partial charge in [0.2, 0.25) is 0 Å². The monoisotopic (exact) mass is 262 g/mol. The van der Waals surface area contributed by atoms with Crippen LogP contribution in [0.2, 0.25) is 0 Å². The molecule has 0 aromatic carbocycles. The van der Waals surface area contributed by atoms with Crippen molar-refractivity contribution in [1.29, 1.82) is 0 Å². The van der Waals surface area contributed by atoms with Crippen LogP contribution in [0.25, 0.3) is 0 Å². The minimum absolute atomic E-state index is 0.00957. The lowest BCUT2D eigenvalue weighted by atomic mass is 9.99. The van der Waals surface area contributed by atoms with Crippen LogP contribution in [0.1, 0.15) is 41.5 Å². The van der Waals surface area contributed by atoms with Gasteiger partial charge >= 0.3 is 0 Å². The molecule has 0 bridgehead atoms. The van der Waals surface area contributed by atoms with Crippen LogP contribution in [-0.4, -0.2) is 49.8 Å². The smallest absolute Gasteiger partial charge is 0.0781 e. The third-order valence-corrected chi connectivity index (χ3v) is 2.13. The highest BCUT2D eigenvalue weighted by atomic mass is 16.6. The van der Waals surface area contributed by atoms with E-state index in [4.69, 9.17) is 19.3 Å². The zero-order valence-electron chi connectivity index (χ0n) is 12.7. The summed E-state index contributed by atoms with van der Waals surface area (Å²) < 4.78 is 16.6. The van der Waals surface area contributed by atoms with E-state index in [1.165, 1.54) is 0 Å². The van der Waals surface area contributed by atoms with Crippen LogP contribution in [0.5, 0.6) is 0 Å². The summed E-state index contributed by atoms with van der Waals surface area (Å²) in [7, 11) is 0. The number of hydrogen-bond acceptors (Lipinski definition) is 4. The first-order valence-electron chi connectivity index (χ1n) is 6.69. The molecule has 0 heterocycles. The van der Waals surface area contributed by atoms with E-state index in [0.29, 0.717) is 19.8 Å². The predicted octanol–water partition coefficient (Wildman–Crippen LogP) is 2.24. The van der Waals surface area contributed by atoms with Crippen molar-refractivity contribution in [3.63, 3.8) is 0 Å². The van der Waals surface area contributed by atoms with Crippen molar-refractivity contribution in [3.05, 3.63) is 0 Å². The Labute approximate surface area is 112 Å². The van der Waals surface area contributed by atoms with E-state index in [1.807, 2.05) is 13.8 Å². The quantitative estimate of drug-likeness (QED) is 0.692. The molecule has 110 valence electrons. The molecule has 3 unspecified atom stereocenters. The summed E-state index contributed by atoms with van der Waals surface area (Å²) in [4.78, 5) is 0. The zero-order valence-corrected chi connectivity index (χ0v) is 12.7. The van der Waals surface area contributed by atoms with E-state index < -0.39 is 6.10 Å². The van der Waals surface area contributed by atoms with E-state index in [9.17, 15) is 0 Å². The molecule has 0 aromatic rings. The van der Waals surface area contributed by atoms with Gasteiger partial charge in [-0.2, -0.15) is 0 Å². The van der Waals surface area contributed by atoms with Gasteiger partial charge in [-0.1, -0.05) is 20.8 Å². The molecular weight excluding hydrogens is 232 g/mol. The fourth-order valence-electron chi connectivity index (χ4n) is 1.23. The van der Waals surface area contributed by atoms with Crippen LogP contribution in [0.4, 0.5) is 0 Å². The topological polar surface area (TPSA) is 47.9 Å². The Kier molecular flexibility index (Phi) is 8.78. The molecule has 4 heteroatoms. The van der Waals surface area contributed by atoms with Crippen LogP contribution in [-0.2, 0) is 14.2 Å². The lowest BCUT2D eigenvalue weighted by molar-refractivity contribution is -0.0748. The number of aliphatic hydroxyl groups is 1. The number of aliphatic hydroxyl groups excluding tert-OH is 1. The third kappa shape index (κ3) is 12.3. The molecule has 0 spiro atoms. The Hall–Kier alpha value is -0.160. The van der Waals surface area contributed by atoms with Crippen LogP contribution in [0.15, 0.2) is 0 Å². The highest BCUT2D eigenvalue weighted by Gasteiger charge is 2.12. The Morgan fingerprint density at radius 3 is 1.89 bits per heavy atom. The summed E-state index contributed by atoms with van der Waals surface area (Å²) in [6.45, 7) is 14.3. The lowest BCUT2D eigenvalue weighted by Gasteiger charge is -2.21. The maximum Gasteiger partial charge on any atom is 0.0781 e. The van der Waals surface area contributed by atoms with Crippen LogP contribution in [0.3, 0.4) is 0 Å². The van der Waals surface area contributed by atoms with Crippen LogP contribution >= 0.6 is 0 Å². The van der Waals surface area contributed by atoms with Gasteiger partial charge in [0.05, 0.1) is 44.7 Å². The van der Waals surface area contributed by atoms with Gasteiger partial charge in [-0.05, 0) is 26.2 Å². The molecule has 3 atom stereocenters. The second kappa shape index (κ2) is 8.86. The molecule has 4 nitrogen and oxygen atoms in total. The van der Waals surface area contributed by atoms with Crippen molar-refractivity contribution in [2.75, 3.05) is 26.4 Å². The first-order valence-corrected chi connectivity index (χ1v) is 6.69. The number of ether oxygens (including phenoxy) is 3. The second-order valence-corrected chi connectivity index (χ2v) is 6.21. The van der Waals surface area contributed by atoms with Gasteiger partial charge in [-0.25, -0.2) is 0 Å². The minimum Gasteiger partial charge on any atom is -0.391 e. The van der Waals surface area contributed by atoms with Gasteiger partial charge in [-0.15, -0.1) is 0 Å². The van der Waals surface area contributed by atoms with E-state index in [-0.39, 0.29) is 17.6 Å². The van der Waals surface area contributed by atoms with Crippen LogP contribution < -0.4 is 0 Å². The number of rotatable bonds is 9. The Bertz CT molecular complexity index is 198. The van der Waals surface area contributed by atoms with E-state index in [1.54, 1.807) is 6.92 Å². The molecule has 0 aromatic heterocycles. The van der Waals surface area contributed by atoms with Gasteiger partial charge in [-0.3, -0.25) is 0 Å². The second-order valence-electron chi connectivity index (χ2n) is 6.21. The van der Waals surface area contributed by atoms with E-state index in [2.05, 4.69) is 20.8 Å². The first kappa shape index (κ1) is 17.8. The molecule has 0 aliphatic rings. The molecule has 0 saturated heterocycles. The van der Waals surface area contributed by atoms with Gasteiger partial charge < -0.3 is 19.3 Å². The average molecular weight is 262 g/mol. The molecule has 0 fully saturated rings. The minimum atomic E-state index is -0.431. The molecule has 0 aliphatic carbocycles. The summed E-state index contributed by atoms with van der Waals surface area (Å²) in [5.74, 6) is 0. The number of hydrogen-bond donors (Lipinski definition) is 1. The summed E-state index contributed by atoms with van der Waals surface area (Å²) in [6.07, 6.45) is -0.380. The summed E-state index contributed by atoms with van der Waals surface area (Å²) >= 11 is 0. The average Bonchev–Trinajstić information content (AvgIpc) is 2.21. The maximum atomic E-state index is 9.09. The van der Waals surface area contributed by atoms with Gasteiger partial charge in [0.15, 0.2) is 0 Å². The van der Waals surface area contributed by atoms with Gasteiger partial charge in [0.25, 0.3) is 0 Å². The fraction of sp³-hybridized carbons (Fsp3) is 1.00. The van der Waals surface area contributed by atoms with Crippen molar-refractivity contribution in [2.45, 2.75) is 59.9 Å². The highest BCUT2D eigenvalue weighted by Crippen LogP contribution is 2.13. The predicted molar refractivity (Wildman–Crippen MR) is 72.8 cm³/mol. The Balaban J connectivity index is 3.54.